The smallest absolute Gasteiger partial charge is 0.240 e. The van der Waals surface area contributed by atoms with Gasteiger partial charge in [-0.05, 0) is 62.5 Å². The van der Waals surface area contributed by atoms with Gasteiger partial charge in [-0.25, -0.2) is 13.1 Å². The van der Waals surface area contributed by atoms with Gasteiger partial charge < -0.3 is 5.32 Å². The molecule has 106 valence electrons. The van der Waals surface area contributed by atoms with Crippen LogP contribution in [0, 0.1) is 12.8 Å². The zero-order valence-electron chi connectivity index (χ0n) is 10.9. The van der Waals surface area contributed by atoms with Gasteiger partial charge in [0.15, 0.2) is 0 Å². The van der Waals surface area contributed by atoms with E-state index in [9.17, 15) is 8.42 Å². The van der Waals surface area contributed by atoms with E-state index in [2.05, 4.69) is 10.0 Å². The van der Waals surface area contributed by atoms with Gasteiger partial charge in [-0.2, -0.15) is 0 Å². The van der Waals surface area contributed by atoms with Gasteiger partial charge in [0.05, 0.1) is 4.90 Å². The van der Waals surface area contributed by atoms with E-state index >= 15 is 0 Å². The first kappa shape index (κ1) is 14.8. The molecule has 1 heterocycles. The normalized spacial score (nSPS) is 20.4. The number of sulfonamides is 1. The third-order valence-corrected chi connectivity index (χ3v) is 5.21. The van der Waals surface area contributed by atoms with Crippen molar-refractivity contribution >= 4 is 21.6 Å². The number of benzene rings is 1. The number of rotatable bonds is 4. The van der Waals surface area contributed by atoms with Crippen LogP contribution in [0.5, 0.6) is 0 Å². The monoisotopic (exact) mass is 302 g/mol. The molecule has 1 aromatic carbocycles. The van der Waals surface area contributed by atoms with Crippen molar-refractivity contribution in [2.24, 2.45) is 5.92 Å². The number of nitrogens with one attached hydrogen (secondary N) is 2. The second-order valence-corrected chi connectivity index (χ2v) is 7.15. The van der Waals surface area contributed by atoms with Crippen LogP contribution in [0.2, 0.25) is 5.02 Å². The minimum absolute atomic E-state index is 0.306. The van der Waals surface area contributed by atoms with Crippen molar-refractivity contribution in [3.63, 3.8) is 0 Å². The van der Waals surface area contributed by atoms with Crippen LogP contribution < -0.4 is 10.0 Å². The van der Waals surface area contributed by atoms with Crippen molar-refractivity contribution in [3.05, 3.63) is 28.8 Å². The Morgan fingerprint density at radius 1 is 1.47 bits per heavy atom. The van der Waals surface area contributed by atoms with Crippen LogP contribution in [0.3, 0.4) is 0 Å². The first-order chi connectivity index (χ1) is 8.99. The van der Waals surface area contributed by atoms with Crippen molar-refractivity contribution in [1.82, 2.24) is 10.0 Å². The Bertz CT molecular complexity index is 540. The molecule has 2 rings (SSSR count). The Labute approximate surface area is 119 Å². The molecular formula is C13H19ClN2O2S. The summed E-state index contributed by atoms with van der Waals surface area (Å²) in [5.41, 5.74) is 0.668. The molecular weight excluding hydrogens is 284 g/mol. The molecule has 0 bridgehead atoms. The van der Waals surface area contributed by atoms with Crippen molar-refractivity contribution in [2.75, 3.05) is 19.6 Å². The summed E-state index contributed by atoms with van der Waals surface area (Å²) in [6.45, 7) is 4.14. The minimum Gasteiger partial charge on any atom is -0.316 e. The molecule has 0 radical (unpaired) electrons. The second-order valence-electron chi connectivity index (χ2n) is 4.97. The summed E-state index contributed by atoms with van der Waals surface area (Å²) in [7, 11) is -3.44. The first-order valence-electron chi connectivity index (χ1n) is 6.45. The van der Waals surface area contributed by atoms with Gasteiger partial charge >= 0.3 is 0 Å². The van der Waals surface area contributed by atoms with Crippen molar-refractivity contribution in [1.29, 1.82) is 0 Å². The van der Waals surface area contributed by atoms with Crippen LogP contribution in [0.4, 0.5) is 0 Å². The Balaban J connectivity index is 2.05. The molecule has 1 aliphatic rings. The molecule has 1 fully saturated rings. The fourth-order valence-electron chi connectivity index (χ4n) is 2.32. The van der Waals surface area contributed by atoms with Crippen LogP contribution in [0.1, 0.15) is 18.4 Å². The van der Waals surface area contributed by atoms with Gasteiger partial charge in [-0.1, -0.05) is 11.6 Å². The zero-order chi connectivity index (χ0) is 13.9. The minimum atomic E-state index is -3.44. The Kier molecular flexibility index (Phi) is 4.84. The highest BCUT2D eigenvalue weighted by Gasteiger charge is 2.20. The predicted octanol–water partition coefficient (Wildman–Crippen LogP) is 1.93. The van der Waals surface area contributed by atoms with Gasteiger partial charge in [0.1, 0.15) is 0 Å². The van der Waals surface area contributed by atoms with Gasteiger partial charge in [-0.15, -0.1) is 0 Å². The first-order valence-corrected chi connectivity index (χ1v) is 8.32. The lowest BCUT2D eigenvalue weighted by molar-refractivity contribution is 0.376. The maximum atomic E-state index is 12.2. The molecule has 0 aliphatic carbocycles. The largest absolute Gasteiger partial charge is 0.316 e. The van der Waals surface area contributed by atoms with Crippen LogP contribution in [0.15, 0.2) is 23.1 Å². The summed E-state index contributed by atoms with van der Waals surface area (Å²) in [5, 5.41) is 3.83. The third kappa shape index (κ3) is 3.92. The second kappa shape index (κ2) is 6.22. The number of aryl methyl sites for hydroxylation is 1. The number of hydrogen-bond acceptors (Lipinski definition) is 3. The molecule has 1 atom stereocenters. The lowest BCUT2D eigenvalue weighted by Gasteiger charge is -2.23. The van der Waals surface area contributed by atoms with Crippen LogP contribution in [0.25, 0.3) is 0 Å². The summed E-state index contributed by atoms with van der Waals surface area (Å²) < 4.78 is 27.2. The molecule has 0 aromatic heterocycles. The number of hydrogen-bond donors (Lipinski definition) is 2. The molecule has 0 unspecified atom stereocenters. The summed E-state index contributed by atoms with van der Waals surface area (Å²) in [6, 6.07) is 4.82. The van der Waals surface area contributed by atoms with E-state index in [1.807, 2.05) is 0 Å². The van der Waals surface area contributed by atoms with E-state index in [0.29, 0.717) is 27.9 Å². The average Bonchev–Trinajstić information content (AvgIpc) is 2.37. The predicted molar refractivity (Wildman–Crippen MR) is 77.0 cm³/mol. The van der Waals surface area contributed by atoms with E-state index in [-0.39, 0.29) is 0 Å². The van der Waals surface area contributed by atoms with Gasteiger partial charge in [0.2, 0.25) is 10.0 Å². The van der Waals surface area contributed by atoms with E-state index < -0.39 is 10.0 Å². The Hall–Kier alpha value is -0.620. The molecule has 19 heavy (non-hydrogen) atoms. The van der Waals surface area contributed by atoms with Gasteiger partial charge in [0.25, 0.3) is 0 Å². The van der Waals surface area contributed by atoms with E-state index in [1.165, 1.54) is 0 Å². The summed E-state index contributed by atoms with van der Waals surface area (Å²) >= 11 is 5.84. The number of piperidine rings is 1. The fraction of sp³-hybridized carbons (Fsp3) is 0.538. The van der Waals surface area contributed by atoms with Crippen molar-refractivity contribution in [2.45, 2.75) is 24.7 Å². The summed E-state index contributed by atoms with van der Waals surface area (Å²) in [5.74, 6) is 0.371. The molecule has 1 aromatic rings. The standard InChI is InChI=1S/C13H19ClN2O2S/c1-10-7-12(14)4-5-13(10)19(17,18)16-9-11-3-2-6-15-8-11/h4-5,7,11,15-16H,2-3,6,8-9H2,1H3/t11-/m0/s1. The molecule has 1 saturated heterocycles. The highest BCUT2D eigenvalue weighted by Crippen LogP contribution is 2.20. The molecule has 0 spiro atoms. The molecule has 4 nitrogen and oxygen atoms in total. The molecule has 2 N–H and O–H groups in total. The fourth-order valence-corrected chi connectivity index (χ4v) is 3.89. The third-order valence-electron chi connectivity index (χ3n) is 3.39. The molecule has 0 amide bonds. The highest BCUT2D eigenvalue weighted by molar-refractivity contribution is 7.89. The SMILES string of the molecule is Cc1cc(Cl)ccc1S(=O)(=O)NC[C@H]1CCCNC1. The van der Waals surface area contributed by atoms with Gasteiger partial charge in [0, 0.05) is 11.6 Å². The van der Waals surface area contributed by atoms with Crippen LogP contribution >= 0.6 is 11.6 Å². The topological polar surface area (TPSA) is 58.2 Å². The van der Waals surface area contributed by atoms with E-state index in [1.54, 1.807) is 25.1 Å². The Morgan fingerprint density at radius 2 is 2.26 bits per heavy atom. The molecule has 6 heteroatoms. The molecule has 1 aliphatic heterocycles. The van der Waals surface area contributed by atoms with Crippen LogP contribution in [-0.2, 0) is 10.0 Å². The molecule has 0 saturated carbocycles. The maximum Gasteiger partial charge on any atom is 0.240 e. The van der Waals surface area contributed by atoms with E-state index in [4.69, 9.17) is 11.6 Å². The zero-order valence-corrected chi connectivity index (χ0v) is 12.5. The Morgan fingerprint density at radius 3 is 2.89 bits per heavy atom. The lowest BCUT2D eigenvalue weighted by atomic mass is 10.0. The van der Waals surface area contributed by atoms with Crippen LogP contribution in [-0.4, -0.2) is 28.1 Å². The quantitative estimate of drug-likeness (QED) is 0.893. The van der Waals surface area contributed by atoms with Crippen molar-refractivity contribution < 1.29 is 8.42 Å². The van der Waals surface area contributed by atoms with E-state index in [0.717, 1.165) is 25.9 Å². The average molecular weight is 303 g/mol. The lowest BCUT2D eigenvalue weighted by Crippen LogP contribution is -2.38. The maximum absolute atomic E-state index is 12.2. The highest BCUT2D eigenvalue weighted by atomic mass is 35.5. The summed E-state index contributed by atoms with van der Waals surface area (Å²) in [4.78, 5) is 0.306. The number of halogens is 1. The summed E-state index contributed by atoms with van der Waals surface area (Å²) in [6.07, 6.45) is 2.17. The van der Waals surface area contributed by atoms with Crippen molar-refractivity contribution in [3.8, 4) is 0 Å². The van der Waals surface area contributed by atoms with Gasteiger partial charge in [-0.3, -0.25) is 0 Å².